The number of fused-ring (bicyclic) bond motifs is 1. The second kappa shape index (κ2) is 8.06. The summed E-state index contributed by atoms with van der Waals surface area (Å²) in [6.07, 6.45) is 9.06. The van der Waals surface area contributed by atoms with Gasteiger partial charge < -0.3 is 15.4 Å². The Morgan fingerprint density at radius 2 is 1.77 bits per heavy atom. The van der Waals surface area contributed by atoms with Gasteiger partial charge in [0.25, 0.3) is 0 Å². The molecule has 0 saturated carbocycles. The highest BCUT2D eigenvalue weighted by molar-refractivity contribution is 5.88. The lowest BCUT2D eigenvalue weighted by molar-refractivity contribution is 0.182. The van der Waals surface area contributed by atoms with Gasteiger partial charge in [-0.15, -0.1) is 4.73 Å². The first-order valence-electron chi connectivity index (χ1n) is 10.3. The molecule has 8 nitrogen and oxygen atoms in total. The third kappa shape index (κ3) is 3.79. The van der Waals surface area contributed by atoms with Crippen LogP contribution in [0.15, 0.2) is 65.8 Å². The number of nitrogens with zero attached hydrogens (tertiary/aromatic N) is 5. The van der Waals surface area contributed by atoms with Crippen molar-refractivity contribution in [3.05, 3.63) is 71.5 Å². The van der Waals surface area contributed by atoms with Crippen LogP contribution in [0.2, 0.25) is 0 Å². The Labute approximate surface area is 178 Å². The first-order chi connectivity index (χ1) is 15.2. The minimum Gasteiger partial charge on any atom is -0.422 e. The van der Waals surface area contributed by atoms with Gasteiger partial charge in [-0.3, -0.25) is 4.98 Å². The number of rotatable bonds is 4. The molecule has 8 heteroatoms. The van der Waals surface area contributed by atoms with Crippen molar-refractivity contribution in [2.45, 2.75) is 19.3 Å². The van der Waals surface area contributed by atoms with E-state index in [0.717, 1.165) is 35.6 Å². The molecule has 1 aliphatic rings. The topological polar surface area (TPSA) is 96.2 Å². The molecule has 0 atom stereocenters. The monoisotopic (exact) mass is 414 g/mol. The largest absolute Gasteiger partial charge is 0.422 e. The molecule has 1 aliphatic heterocycles. The van der Waals surface area contributed by atoms with Crippen LogP contribution >= 0.6 is 0 Å². The zero-order valence-corrected chi connectivity index (χ0v) is 16.9. The maximum atomic E-state index is 12.0. The van der Waals surface area contributed by atoms with Gasteiger partial charge in [0.1, 0.15) is 5.82 Å². The molecule has 4 aromatic rings. The number of aromatic nitrogens is 4. The Bertz CT molecular complexity index is 1280. The van der Waals surface area contributed by atoms with Gasteiger partial charge in [0.2, 0.25) is 0 Å². The van der Waals surface area contributed by atoms with Crippen LogP contribution in [0.4, 0.5) is 17.2 Å². The molecule has 1 fully saturated rings. The Morgan fingerprint density at radius 1 is 0.968 bits per heavy atom. The summed E-state index contributed by atoms with van der Waals surface area (Å²) in [5.41, 5.74) is 3.42. The van der Waals surface area contributed by atoms with Crippen molar-refractivity contribution in [3.8, 4) is 11.1 Å². The van der Waals surface area contributed by atoms with Crippen LogP contribution in [0, 0.1) is 0 Å². The molecule has 4 heterocycles. The molecule has 0 bridgehead atoms. The molecule has 3 aromatic heterocycles. The zero-order chi connectivity index (χ0) is 21.2. The fraction of sp³-hybridized carbons (Fsp3) is 0.217. The summed E-state index contributed by atoms with van der Waals surface area (Å²) in [7, 11) is 0. The summed E-state index contributed by atoms with van der Waals surface area (Å²) in [5.74, 6) is 0.347. The van der Waals surface area contributed by atoms with Crippen LogP contribution in [0.5, 0.6) is 0 Å². The Balaban J connectivity index is 1.41. The van der Waals surface area contributed by atoms with Gasteiger partial charge in [-0.2, -0.15) is 4.98 Å². The first kappa shape index (κ1) is 19.0. The Kier molecular flexibility index (Phi) is 4.95. The van der Waals surface area contributed by atoms with E-state index in [0.29, 0.717) is 15.9 Å². The average molecular weight is 414 g/mol. The van der Waals surface area contributed by atoms with E-state index in [1.54, 1.807) is 12.1 Å². The maximum Gasteiger partial charge on any atom is 0.384 e. The molecule has 0 unspecified atom stereocenters. The Hall–Kier alpha value is -3.94. The summed E-state index contributed by atoms with van der Waals surface area (Å²) in [4.78, 5) is 26.8. The number of nitrogens with one attached hydrogen (secondary N) is 1. The number of piperidine rings is 1. The summed E-state index contributed by atoms with van der Waals surface area (Å²) < 4.78 is 0.450. The quantitative estimate of drug-likeness (QED) is 0.490. The molecule has 1 saturated heterocycles. The molecule has 0 aliphatic carbocycles. The lowest BCUT2D eigenvalue weighted by atomic mass is 10.1. The minimum atomic E-state index is -0.786. The van der Waals surface area contributed by atoms with E-state index in [1.807, 2.05) is 36.7 Å². The molecule has 0 radical (unpaired) electrons. The molecule has 5 rings (SSSR count). The van der Waals surface area contributed by atoms with Crippen LogP contribution < -0.4 is 15.9 Å². The molecule has 31 heavy (non-hydrogen) atoms. The predicted molar refractivity (Wildman–Crippen MR) is 120 cm³/mol. The van der Waals surface area contributed by atoms with E-state index < -0.39 is 5.69 Å². The van der Waals surface area contributed by atoms with Crippen molar-refractivity contribution < 1.29 is 5.21 Å². The van der Waals surface area contributed by atoms with Gasteiger partial charge in [0.05, 0.1) is 17.3 Å². The molecule has 156 valence electrons. The normalized spacial score (nSPS) is 14.0. The minimum absolute atomic E-state index is 0.155. The van der Waals surface area contributed by atoms with Crippen LogP contribution in [0.25, 0.3) is 22.2 Å². The summed E-state index contributed by atoms with van der Waals surface area (Å²) >= 11 is 0. The second-order valence-electron chi connectivity index (χ2n) is 7.61. The number of benzene rings is 1. The lowest BCUT2D eigenvalue weighted by Crippen LogP contribution is -2.29. The highest BCUT2D eigenvalue weighted by Gasteiger charge is 2.13. The lowest BCUT2D eigenvalue weighted by Gasteiger charge is -2.28. The van der Waals surface area contributed by atoms with Crippen molar-refractivity contribution in [3.63, 3.8) is 0 Å². The van der Waals surface area contributed by atoms with E-state index in [9.17, 15) is 10.0 Å². The number of hydrogen-bond donors (Lipinski definition) is 2. The average Bonchev–Trinajstić information content (AvgIpc) is 2.83. The SMILES string of the molecule is O=c1nc(Nc2ccc(-c3cncc(N4CCCCC4)c3)cc2)c2cccnc2n1O. The van der Waals surface area contributed by atoms with Crippen LogP contribution in [0.3, 0.4) is 0 Å². The molecule has 0 spiro atoms. The van der Waals surface area contributed by atoms with E-state index in [4.69, 9.17) is 0 Å². The number of hydrogen-bond acceptors (Lipinski definition) is 7. The first-order valence-corrected chi connectivity index (χ1v) is 10.3. The van der Waals surface area contributed by atoms with E-state index in [1.165, 1.54) is 25.5 Å². The van der Waals surface area contributed by atoms with Gasteiger partial charge in [-0.25, -0.2) is 9.78 Å². The van der Waals surface area contributed by atoms with Crippen LogP contribution in [-0.2, 0) is 0 Å². The van der Waals surface area contributed by atoms with Gasteiger partial charge in [0, 0.05) is 36.7 Å². The zero-order valence-electron chi connectivity index (χ0n) is 16.9. The summed E-state index contributed by atoms with van der Waals surface area (Å²) in [6, 6.07) is 13.5. The van der Waals surface area contributed by atoms with Crippen LogP contribution in [-0.4, -0.2) is 38.0 Å². The van der Waals surface area contributed by atoms with Crippen molar-refractivity contribution >= 4 is 28.2 Å². The van der Waals surface area contributed by atoms with Crippen molar-refractivity contribution in [1.29, 1.82) is 0 Å². The molecular weight excluding hydrogens is 392 g/mol. The highest BCUT2D eigenvalue weighted by Crippen LogP contribution is 2.28. The molecule has 0 amide bonds. The highest BCUT2D eigenvalue weighted by atomic mass is 16.5. The Morgan fingerprint density at radius 3 is 2.58 bits per heavy atom. The summed E-state index contributed by atoms with van der Waals surface area (Å²) in [5, 5.41) is 13.6. The third-order valence-corrected chi connectivity index (χ3v) is 5.56. The maximum absolute atomic E-state index is 12.0. The fourth-order valence-corrected chi connectivity index (χ4v) is 3.93. The standard InChI is InChI=1S/C23H22N6O2/c30-23-27-21(20-5-4-10-25-22(20)29(23)31)26-18-8-6-16(7-9-18)17-13-19(15-24-14-17)28-11-2-1-3-12-28/h4-10,13-15,31H,1-3,11-12H2,(H,26,27,30). The summed E-state index contributed by atoms with van der Waals surface area (Å²) in [6.45, 7) is 2.16. The third-order valence-electron chi connectivity index (χ3n) is 5.56. The van der Waals surface area contributed by atoms with Crippen molar-refractivity contribution in [1.82, 2.24) is 19.7 Å². The van der Waals surface area contributed by atoms with Crippen LogP contribution in [0.1, 0.15) is 19.3 Å². The fourth-order valence-electron chi connectivity index (χ4n) is 3.93. The van der Waals surface area contributed by atoms with Gasteiger partial charge in [0.15, 0.2) is 5.65 Å². The predicted octanol–water partition coefficient (Wildman–Crippen LogP) is 3.82. The van der Waals surface area contributed by atoms with E-state index in [-0.39, 0.29) is 5.65 Å². The number of pyridine rings is 2. The van der Waals surface area contributed by atoms with Gasteiger partial charge in [-0.05, 0) is 55.2 Å². The van der Waals surface area contributed by atoms with Crippen molar-refractivity contribution in [2.24, 2.45) is 0 Å². The molecule has 1 aromatic carbocycles. The number of anilines is 3. The van der Waals surface area contributed by atoms with E-state index >= 15 is 0 Å². The van der Waals surface area contributed by atoms with Crippen molar-refractivity contribution in [2.75, 3.05) is 23.3 Å². The second-order valence-corrected chi connectivity index (χ2v) is 7.61. The van der Waals surface area contributed by atoms with Gasteiger partial charge in [-0.1, -0.05) is 12.1 Å². The molecular formula is C23H22N6O2. The van der Waals surface area contributed by atoms with E-state index in [2.05, 4.69) is 31.2 Å². The smallest absolute Gasteiger partial charge is 0.384 e. The molecule has 2 N–H and O–H groups in total. The van der Waals surface area contributed by atoms with Gasteiger partial charge >= 0.3 is 5.69 Å².